The molecule has 0 amide bonds. The van der Waals surface area contributed by atoms with Gasteiger partial charge in [-0.25, -0.2) is 9.37 Å². The van der Waals surface area contributed by atoms with Gasteiger partial charge in [0, 0.05) is 25.4 Å². The first kappa shape index (κ1) is 23.9. The van der Waals surface area contributed by atoms with Gasteiger partial charge in [-0.3, -0.25) is 0 Å². The maximum absolute atomic E-state index is 13.8. The van der Waals surface area contributed by atoms with Crippen LogP contribution in [0.1, 0.15) is 38.8 Å². The van der Waals surface area contributed by atoms with E-state index in [1.54, 1.807) is 12.1 Å². The summed E-state index contributed by atoms with van der Waals surface area (Å²) in [6, 6.07) is 6.24. The largest absolute Gasteiger partial charge is 0.380 e. The van der Waals surface area contributed by atoms with Crippen LogP contribution in [-0.4, -0.2) is 55.1 Å². The van der Waals surface area contributed by atoms with Crippen LogP contribution in [0.5, 0.6) is 0 Å². The highest BCUT2D eigenvalue weighted by Crippen LogP contribution is 2.29. The number of hydrogen-bond acceptors (Lipinski definition) is 8. The molecule has 8 nitrogen and oxygen atoms in total. The molecule has 5 N–H and O–H groups in total. The number of anilines is 4. The lowest BCUT2D eigenvalue weighted by Gasteiger charge is -2.23. The van der Waals surface area contributed by atoms with E-state index in [0.717, 1.165) is 32.5 Å². The zero-order valence-corrected chi connectivity index (χ0v) is 18.9. The number of aromatic nitrogens is 2. The number of nitrogens with zero attached hydrogens (tertiary/aromatic N) is 2. The number of benzene rings is 1. The number of hydrogen-bond donors (Lipinski definition) is 5. The Hall–Kier alpha value is -2.78. The molecule has 0 saturated carbocycles. The van der Waals surface area contributed by atoms with Crippen LogP contribution in [0.2, 0.25) is 0 Å². The highest BCUT2D eigenvalue weighted by Gasteiger charge is 2.19. The number of rotatable bonds is 12. The lowest BCUT2D eigenvalue weighted by atomic mass is 9.98. The first-order valence-corrected chi connectivity index (χ1v) is 11.4. The average molecular weight is 444 g/mol. The van der Waals surface area contributed by atoms with Crippen molar-refractivity contribution in [3.05, 3.63) is 35.8 Å². The number of nitrogens with one attached hydrogen (secondary N) is 5. The second kappa shape index (κ2) is 12.3. The molecule has 0 atom stereocenters. The van der Waals surface area contributed by atoms with Crippen LogP contribution < -0.4 is 21.3 Å². The summed E-state index contributed by atoms with van der Waals surface area (Å²) >= 11 is 0. The molecular weight excluding hydrogens is 409 g/mol. The fourth-order valence-electron chi connectivity index (χ4n) is 3.60. The van der Waals surface area contributed by atoms with Crippen LogP contribution in [-0.2, 0) is 4.74 Å². The lowest BCUT2D eigenvalue weighted by Crippen LogP contribution is -2.31. The van der Waals surface area contributed by atoms with Gasteiger partial charge in [-0.1, -0.05) is 13.0 Å². The monoisotopic (exact) mass is 443 g/mol. The molecule has 1 fully saturated rings. The summed E-state index contributed by atoms with van der Waals surface area (Å²) in [7, 11) is 0. The topological polar surface area (TPSA) is 107 Å². The molecule has 174 valence electrons. The van der Waals surface area contributed by atoms with Gasteiger partial charge in [0.2, 0.25) is 5.95 Å². The fourth-order valence-corrected chi connectivity index (χ4v) is 3.60. The second-order valence-electron chi connectivity index (χ2n) is 7.78. The van der Waals surface area contributed by atoms with Crippen LogP contribution in [0.25, 0.3) is 0 Å². The van der Waals surface area contributed by atoms with E-state index in [1.165, 1.54) is 12.1 Å². The van der Waals surface area contributed by atoms with E-state index in [2.05, 4.69) is 31.2 Å². The van der Waals surface area contributed by atoms with Crippen molar-refractivity contribution < 1.29 is 9.13 Å². The van der Waals surface area contributed by atoms with Crippen LogP contribution in [0.15, 0.2) is 24.3 Å². The van der Waals surface area contributed by atoms with Gasteiger partial charge >= 0.3 is 0 Å². The highest BCUT2D eigenvalue weighted by molar-refractivity contribution is 6.03. The zero-order valence-electron chi connectivity index (χ0n) is 18.9. The Labute approximate surface area is 189 Å². The van der Waals surface area contributed by atoms with Crippen molar-refractivity contribution in [1.82, 2.24) is 15.3 Å². The van der Waals surface area contributed by atoms with Crippen LogP contribution in [0, 0.1) is 17.1 Å². The molecular formula is C23H34FN7O. The summed E-state index contributed by atoms with van der Waals surface area (Å²) in [5.74, 6) is 1.19. The SMILES string of the molecule is CCOCCNc1c(Nc2cccc(F)c2)nc(NCC2CCNCC2)nc1C(=N)CC. The fraction of sp³-hybridized carbons (Fsp3) is 0.522. The van der Waals surface area contributed by atoms with Crippen molar-refractivity contribution in [3.63, 3.8) is 0 Å². The molecule has 0 spiro atoms. The Kier molecular flexibility index (Phi) is 9.18. The van der Waals surface area contributed by atoms with Crippen molar-refractivity contribution in [3.8, 4) is 0 Å². The number of halogens is 1. The molecule has 9 heteroatoms. The molecule has 1 saturated heterocycles. The third-order valence-electron chi connectivity index (χ3n) is 5.40. The van der Waals surface area contributed by atoms with Crippen LogP contribution in [0.4, 0.5) is 27.5 Å². The van der Waals surface area contributed by atoms with E-state index in [9.17, 15) is 4.39 Å². The number of ether oxygens (including phenoxy) is 1. The predicted molar refractivity (Wildman–Crippen MR) is 128 cm³/mol. The van der Waals surface area contributed by atoms with Gasteiger partial charge in [-0.15, -0.1) is 0 Å². The minimum absolute atomic E-state index is 0.333. The van der Waals surface area contributed by atoms with Crippen molar-refractivity contribution >= 4 is 28.9 Å². The Bertz CT molecular complexity index is 887. The lowest BCUT2D eigenvalue weighted by molar-refractivity contribution is 0.158. The first-order valence-electron chi connectivity index (χ1n) is 11.4. The van der Waals surface area contributed by atoms with Crippen molar-refractivity contribution in [2.24, 2.45) is 5.92 Å². The summed E-state index contributed by atoms with van der Waals surface area (Å²) in [5.41, 5.74) is 2.13. The van der Waals surface area contributed by atoms with Crippen LogP contribution >= 0.6 is 0 Å². The first-order chi connectivity index (χ1) is 15.6. The van der Waals surface area contributed by atoms with E-state index in [1.807, 2.05) is 13.8 Å². The summed E-state index contributed by atoms with van der Waals surface area (Å²) in [6.07, 6.45) is 2.75. The van der Waals surface area contributed by atoms with E-state index in [0.29, 0.717) is 66.6 Å². The standard InChI is InChI=1S/C23H34FN7O/c1-3-19(25)20-21(27-12-13-32-4-2)22(29-18-7-5-6-17(24)14-18)31-23(30-20)28-15-16-8-10-26-11-9-16/h5-7,14,16,25-27H,3-4,8-13,15H2,1-2H3,(H2,28,29,30,31). The Morgan fingerprint density at radius 1 is 1.22 bits per heavy atom. The van der Waals surface area contributed by atoms with Crippen molar-refractivity contribution in [2.45, 2.75) is 33.1 Å². The molecule has 1 aliphatic rings. The minimum atomic E-state index is -0.333. The summed E-state index contributed by atoms with van der Waals surface area (Å²) in [6.45, 7) is 8.38. The van der Waals surface area contributed by atoms with Gasteiger partial charge in [0.25, 0.3) is 0 Å². The quantitative estimate of drug-likeness (QED) is 0.249. The zero-order chi connectivity index (χ0) is 22.8. The molecule has 0 radical (unpaired) electrons. The minimum Gasteiger partial charge on any atom is -0.380 e. The van der Waals surface area contributed by atoms with Gasteiger partial charge in [0.05, 0.1) is 12.3 Å². The second-order valence-corrected chi connectivity index (χ2v) is 7.78. The highest BCUT2D eigenvalue weighted by atomic mass is 19.1. The van der Waals surface area contributed by atoms with Crippen molar-refractivity contribution in [1.29, 1.82) is 5.41 Å². The van der Waals surface area contributed by atoms with Crippen LogP contribution in [0.3, 0.4) is 0 Å². The Morgan fingerprint density at radius 3 is 2.75 bits per heavy atom. The number of piperidine rings is 1. The van der Waals surface area contributed by atoms with Gasteiger partial charge in [0.15, 0.2) is 5.82 Å². The van der Waals surface area contributed by atoms with Gasteiger partial charge in [-0.2, -0.15) is 4.98 Å². The van der Waals surface area contributed by atoms with E-state index >= 15 is 0 Å². The molecule has 0 unspecified atom stereocenters. The summed E-state index contributed by atoms with van der Waals surface area (Å²) < 4.78 is 19.2. The average Bonchev–Trinajstić information content (AvgIpc) is 2.81. The molecule has 0 bridgehead atoms. The summed E-state index contributed by atoms with van der Waals surface area (Å²) in [5, 5.41) is 21.7. The predicted octanol–water partition coefficient (Wildman–Crippen LogP) is 4.00. The normalized spacial score (nSPS) is 14.2. The molecule has 2 aromatic rings. The summed E-state index contributed by atoms with van der Waals surface area (Å²) in [4.78, 5) is 9.35. The molecule has 1 aromatic heterocycles. The van der Waals surface area contributed by atoms with Gasteiger partial charge in [-0.05, 0) is 63.4 Å². The van der Waals surface area contributed by atoms with Gasteiger partial charge in [0.1, 0.15) is 17.2 Å². The molecule has 32 heavy (non-hydrogen) atoms. The van der Waals surface area contributed by atoms with Gasteiger partial charge < -0.3 is 31.4 Å². The smallest absolute Gasteiger partial charge is 0.225 e. The maximum atomic E-state index is 13.8. The third kappa shape index (κ3) is 6.86. The molecule has 2 heterocycles. The third-order valence-corrected chi connectivity index (χ3v) is 5.40. The Balaban J connectivity index is 1.90. The van der Waals surface area contributed by atoms with E-state index in [-0.39, 0.29) is 5.82 Å². The maximum Gasteiger partial charge on any atom is 0.225 e. The van der Waals surface area contributed by atoms with E-state index in [4.69, 9.17) is 10.1 Å². The van der Waals surface area contributed by atoms with E-state index < -0.39 is 0 Å². The Morgan fingerprint density at radius 2 is 2.03 bits per heavy atom. The van der Waals surface area contributed by atoms with Crippen molar-refractivity contribution in [2.75, 3.05) is 55.3 Å². The molecule has 1 aliphatic heterocycles. The molecule has 3 rings (SSSR count). The molecule has 1 aromatic carbocycles. The molecule has 0 aliphatic carbocycles.